The first-order valence-electron chi connectivity index (χ1n) is 6.30. The zero-order valence-electron chi connectivity index (χ0n) is 10.8. The second-order valence-corrected chi connectivity index (χ2v) is 5.94. The first kappa shape index (κ1) is 13.9. The van der Waals surface area contributed by atoms with E-state index in [9.17, 15) is 9.59 Å². The molecule has 1 aliphatic rings. The van der Waals surface area contributed by atoms with Crippen LogP contribution in [0.2, 0.25) is 0 Å². The van der Waals surface area contributed by atoms with Crippen LogP contribution in [0.15, 0.2) is 18.2 Å². The second kappa shape index (κ2) is 6.10. The van der Waals surface area contributed by atoms with E-state index in [-0.39, 0.29) is 17.4 Å². The maximum Gasteiger partial charge on any atom is 0.335 e. The van der Waals surface area contributed by atoms with Gasteiger partial charge in [-0.15, -0.1) is 0 Å². The zero-order valence-corrected chi connectivity index (χ0v) is 11.6. The van der Waals surface area contributed by atoms with E-state index < -0.39 is 5.97 Å². The Labute approximate surface area is 116 Å². The minimum Gasteiger partial charge on any atom is -0.478 e. The van der Waals surface area contributed by atoms with Crippen LogP contribution in [0, 0.1) is 12.8 Å². The van der Waals surface area contributed by atoms with Gasteiger partial charge in [0.15, 0.2) is 0 Å². The van der Waals surface area contributed by atoms with Crippen molar-refractivity contribution in [1.82, 2.24) is 0 Å². The van der Waals surface area contributed by atoms with E-state index in [1.807, 2.05) is 18.7 Å². The number of aryl methyl sites for hydroxylation is 1. The molecule has 2 rings (SSSR count). The Bertz CT molecular complexity index is 495. The van der Waals surface area contributed by atoms with E-state index in [0.29, 0.717) is 5.69 Å². The second-order valence-electron chi connectivity index (χ2n) is 4.71. The van der Waals surface area contributed by atoms with E-state index in [2.05, 4.69) is 5.32 Å². The van der Waals surface area contributed by atoms with E-state index in [1.165, 1.54) is 6.07 Å². The van der Waals surface area contributed by atoms with Crippen molar-refractivity contribution in [1.29, 1.82) is 0 Å². The molecule has 1 heterocycles. The zero-order chi connectivity index (χ0) is 13.8. The monoisotopic (exact) mass is 279 g/mol. The maximum absolute atomic E-state index is 12.1. The first-order chi connectivity index (χ1) is 9.08. The highest BCUT2D eigenvalue weighted by Gasteiger charge is 2.22. The van der Waals surface area contributed by atoms with Gasteiger partial charge in [-0.3, -0.25) is 4.79 Å². The lowest BCUT2D eigenvalue weighted by Gasteiger charge is -2.21. The van der Waals surface area contributed by atoms with Crippen LogP contribution < -0.4 is 5.32 Å². The number of benzene rings is 1. The topological polar surface area (TPSA) is 66.4 Å². The minimum absolute atomic E-state index is 0.00550. The molecule has 0 spiro atoms. The standard InChI is InChI=1S/C14H17NO3S/c1-9-2-3-11(14(17)18)8-12(9)15-13(16)10-4-6-19-7-5-10/h2-3,8,10H,4-7H2,1H3,(H,15,16)(H,17,18). The van der Waals surface area contributed by atoms with Gasteiger partial charge in [0.2, 0.25) is 5.91 Å². The average Bonchev–Trinajstić information content (AvgIpc) is 2.42. The predicted molar refractivity (Wildman–Crippen MR) is 76.8 cm³/mol. The van der Waals surface area contributed by atoms with Crippen molar-refractivity contribution < 1.29 is 14.7 Å². The SMILES string of the molecule is Cc1ccc(C(=O)O)cc1NC(=O)C1CCSCC1. The summed E-state index contributed by atoms with van der Waals surface area (Å²) in [5.41, 5.74) is 1.67. The lowest BCUT2D eigenvalue weighted by Crippen LogP contribution is -2.26. The number of carbonyl (C=O) groups excluding carboxylic acids is 1. The van der Waals surface area contributed by atoms with E-state index in [4.69, 9.17) is 5.11 Å². The minimum atomic E-state index is -0.982. The van der Waals surface area contributed by atoms with Crippen LogP contribution in [0.1, 0.15) is 28.8 Å². The molecule has 1 aromatic carbocycles. The Balaban J connectivity index is 2.11. The average molecular weight is 279 g/mol. The fourth-order valence-electron chi connectivity index (χ4n) is 2.08. The summed E-state index contributed by atoms with van der Waals surface area (Å²) in [6.45, 7) is 1.86. The van der Waals surface area contributed by atoms with Gasteiger partial charge in [0.25, 0.3) is 0 Å². The van der Waals surface area contributed by atoms with Crippen molar-refractivity contribution >= 4 is 29.3 Å². The Morgan fingerprint density at radius 1 is 1.32 bits per heavy atom. The molecule has 19 heavy (non-hydrogen) atoms. The summed E-state index contributed by atoms with van der Waals surface area (Å²) in [7, 11) is 0. The number of hydrogen-bond donors (Lipinski definition) is 2. The number of anilines is 1. The number of nitrogens with one attached hydrogen (secondary N) is 1. The third-order valence-electron chi connectivity index (χ3n) is 3.33. The molecule has 2 N–H and O–H groups in total. The molecule has 4 nitrogen and oxygen atoms in total. The smallest absolute Gasteiger partial charge is 0.335 e. The van der Waals surface area contributed by atoms with Gasteiger partial charge in [0, 0.05) is 11.6 Å². The third-order valence-corrected chi connectivity index (χ3v) is 4.38. The third kappa shape index (κ3) is 3.50. The molecule has 0 aliphatic carbocycles. The quantitative estimate of drug-likeness (QED) is 0.893. The molecule has 0 bridgehead atoms. The molecule has 1 fully saturated rings. The van der Waals surface area contributed by atoms with Crippen molar-refractivity contribution in [3.8, 4) is 0 Å². The largest absolute Gasteiger partial charge is 0.478 e. The number of rotatable bonds is 3. The highest BCUT2D eigenvalue weighted by atomic mass is 32.2. The molecule has 0 atom stereocenters. The molecular formula is C14H17NO3S. The number of carboxylic acids is 1. The van der Waals surface area contributed by atoms with E-state index >= 15 is 0 Å². The summed E-state index contributed by atoms with van der Waals surface area (Å²) < 4.78 is 0. The number of carbonyl (C=O) groups is 2. The summed E-state index contributed by atoms with van der Waals surface area (Å²) in [5.74, 6) is 1.11. The summed E-state index contributed by atoms with van der Waals surface area (Å²) in [5, 5.41) is 11.8. The predicted octanol–water partition coefficient (Wildman–Crippen LogP) is 2.77. The molecule has 1 saturated heterocycles. The molecule has 5 heteroatoms. The van der Waals surface area contributed by atoms with Crippen LogP contribution in [-0.2, 0) is 4.79 Å². The highest BCUT2D eigenvalue weighted by molar-refractivity contribution is 7.99. The molecule has 0 saturated carbocycles. The van der Waals surface area contributed by atoms with Crippen molar-refractivity contribution in [2.45, 2.75) is 19.8 Å². The van der Waals surface area contributed by atoms with Crippen LogP contribution >= 0.6 is 11.8 Å². The fraction of sp³-hybridized carbons (Fsp3) is 0.429. The van der Waals surface area contributed by atoms with Gasteiger partial charge in [-0.05, 0) is 49.0 Å². The Kier molecular flexibility index (Phi) is 4.47. The molecule has 1 aromatic rings. The number of hydrogen-bond acceptors (Lipinski definition) is 3. The summed E-state index contributed by atoms with van der Waals surface area (Å²) in [4.78, 5) is 23.1. The Hall–Kier alpha value is -1.49. The van der Waals surface area contributed by atoms with Gasteiger partial charge in [0.05, 0.1) is 5.56 Å². The van der Waals surface area contributed by atoms with Gasteiger partial charge < -0.3 is 10.4 Å². The van der Waals surface area contributed by atoms with E-state index in [1.54, 1.807) is 12.1 Å². The molecular weight excluding hydrogens is 262 g/mol. The van der Waals surface area contributed by atoms with Crippen molar-refractivity contribution in [2.24, 2.45) is 5.92 Å². The van der Waals surface area contributed by atoms with Gasteiger partial charge >= 0.3 is 5.97 Å². The Morgan fingerprint density at radius 2 is 2.00 bits per heavy atom. The summed E-state index contributed by atoms with van der Waals surface area (Å²) in [6, 6.07) is 4.79. The summed E-state index contributed by atoms with van der Waals surface area (Å²) >= 11 is 1.87. The molecule has 102 valence electrons. The number of carboxylic acid groups (broad SMARTS) is 1. The van der Waals surface area contributed by atoms with Crippen LogP contribution in [0.3, 0.4) is 0 Å². The van der Waals surface area contributed by atoms with Gasteiger partial charge in [0.1, 0.15) is 0 Å². The van der Waals surface area contributed by atoms with Crippen LogP contribution in [-0.4, -0.2) is 28.5 Å². The normalized spacial score (nSPS) is 16.1. The number of amides is 1. The molecule has 0 unspecified atom stereocenters. The Morgan fingerprint density at radius 3 is 2.63 bits per heavy atom. The fourth-order valence-corrected chi connectivity index (χ4v) is 3.19. The molecule has 1 aliphatic heterocycles. The van der Waals surface area contributed by atoms with Crippen LogP contribution in [0.5, 0.6) is 0 Å². The maximum atomic E-state index is 12.1. The molecule has 1 amide bonds. The molecule has 0 aromatic heterocycles. The number of thioether (sulfide) groups is 1. The van der Waals surface area contributed by atoms with Crippen molar-refractivity contribution in [3.05, 3.63) is 29.3 Å². The van der Waals surface area contributed by atoms with Gasteiger partial charge in [-0.2, -0.15) is 11.8 Å². The highest BCUT2D eigenvalue weighted by Crippen LogP contribution is 2.25. The van der Waals surface area contributed by atoms with Gasteiger partial charge in [-0.1, -0.05) is 6.07 Å². The molecule has 0 radical (unpaired) electrons. The van der Waals surface area contributed by atoms with Crippen LogP contribution in [0.25, 0.3) is 0 Å². The van der Waals surface area contributed by atoms with Gasteiger partial charge in [-0.25, -0.2) is 4.79 Å². The number of aromatic carboxylic acids is 1. The summed E-state index contributed by atoms with van der Waals surface area (Å²) in [6.07, 6.45) is 1.79. The first-order valence-corrected chi connectivity index (χ1v) is 7.46. The lowest BCUT2D eigenvalue weighted by molar-refractivity contribution is -0.120. The van der Waals surface area contributed by atoms with E-state index in [0.717, 1.165) is 29.9 Å². The van der Waals surface area contributed by atoms with Crippen LogP contribution in [0.4, 0.5) is 5.69 Å². The van der Waals surface area contributed by atoms with Crippen molar-refractivity contribution in [2.75, 3.05) is 16.8 Å². The lowest BCUT2D eigenvalue weighted by atomic mass is 10.0. The van der Waals surface area contributed by atoms with Crippen molar-refractivity contribution in [3.63, 3.8) is 0 Å².